The lowest BCUT2D eigenvalue weighted by molar-refractivity contribution is -0.870. The van der Waals surface area contributed by atoms with E-state index in [4.69, 9.17) is 18.5 Å². The zero-order chi connectivity index (χ0) is 38.4. The van der Waals surface area contributed by atoms with E-state index in [1.54, 1.807) is 0 Å². The van der Waals surface area contributed by atoms with E-state index in [2.05, 4.69) is 26.0 Å². The van der Waals surface area contributed by atoms with Crippen LogP contribution in [0.3, 0.4) is 0 Å². The number of hydrogen-bond acceptors (Lipinski definition) is 7. The Kier molecular flexibility index (Phi) is 36.6. The van der Waals surface area contributed by atoms with Crippen LogP contribution in [0.15, 0.2) is 12.2 Å². The molecular weight excluding hydrogens is 673 g/mol. The van der Waals surface area contributed by atoms with Crippen LogP contribution in [0, 0.1) is 0 Å². The molecule has 0 aromatic rings. The van der Waals surface area contributed by atoms with E-state index in [0.717, 1.165) is 44.9 Å². The van der Waals surface area contributed by atoms with Crippen molar-refractivity contribution in [3.8, 4) is 0 Å². The Bertz CT molecular complexity index is 848. The predicted molar refractivity (Wildman–Crippen MR) is 217 cm³/mol. The minimum atomic E-state index is -4.52. The highest BCUT2D eigenvalue weighted by molar-refractivity contribution is 7.45. The summed E-state index contributed by atoms with van der Waals surface area (Å²) >= 11 is 0. The molecule has 0 saturated carbocycles. The number of esters is 1. The van der Waals surface area contributed by atoms with Gasteiger partial charge in [-0.1, -0.05) is 167 Å². The van der Waals surface area contributed by atoms with Gasteiger partial charge in [-0.05, 0) is 38.5 Å². The maximum atomic E-state index is 12.7. The second-order valence-corrected chi connectivity index (χ2v) is 17.5. The fraction of sp³-hybridized carbons (Fsp3) is 0.930. The number of ether oxygens (including phenoxy) is 2. The van der Waals surface area contributed by atoms with Crippen molar-refractivity contribution >= 4 is 13.8 Å². The maximum absolute atomic E-state index is 12.7. The molecule has 2 atom stereocenters. The van der Waals surface area contributed by atoms with E-state index in [0.29, 0.717) is 24.1 Å². The van der Waals surface area contributed by atoms with Gasteiger partial charge in [-0.25, -0.2) is 0 Å². The first-order chi connectivity index (χ1) is 25.1. The number of rotatable bonds is 41. The van der Waals surface area contributed by atoms with E-state index in [1.165, 1.54) is 135 Å². The van der Waals surface area contributed by atoms with Crippen molar-refractivity contribution in [2.45, 2.75) is 206 Å². The van der Waals surface area contributed by atoms with Gasteiger partial charge in [0.1, 0.15) is 19.3 Å². The first kappa shape index (κ1) is 51.2. The lowest BCUT2D eigenvalue weighted by Crippen LogP contribution is -2.37. The van der Waals surface area contributed by atoms with E-state index >= 15 is 0 Å². The second-order valence-electron chi connectivity index (χ2n) is 16.1. The summed E-state index contributed by atoms with van der Waals surface area (Å²) in [5.41, 5.74) is 0. The number of carbonyl (C=O) groups excluding carboxylic acids is 1. The molecule has 8 nitrogen and oxygen atoms in total. The Hall–Kier alpha value is -0.760. The van der Waals surface area contributed by atoms with Gasteiger partial charge in [0.25, 0.3) is 7.82 Å². The molecule has 1 unspecified atom stereocenters. The van der Waals surface area contributed by atoms with Crippen molar-refractivity contribution in [1.29, 1.82) is 0 Å². The molecule has 0 N–H and O–H groups in total. The molecule has 0 aliphatic rings. The highest BCUT2D eigenvalue weighted by atomic mass is 31.2. The van der Waals surface area contributed by atoms with Gasteiger partial charge in [0.2, 0.25) is 0 Å². The minimum absolute atomic E-state index is 0.0277. The molecule has 52 heavy (non-hydrogen) atoms. The van der Waals surface area contributed by atoms with Crippen LogP contribution >= 0.6 is 7.82 Å². The number of likely N-dealkylation sites (N-methyl/N-ethyl adjacent to an activating group) is 1. The van der Waals surface area contributed by atoms with Gasteiger partial charge in [0.15, 0.2) is 0 Å². The second kappa shape index (κ2) is 37.2. The highest BCUT2D eigenvalue weighted by Crippen LogP contribution is 2.38. The fourth-order valence-electron chi connectivity index (χ4n) is 6.13. The summed E-state index contributed by atoms with van der Waals surface area (Å²) in [5.74, 6) is -0.339. The molecule has 0 aromatic carbocycles. The average Bonchev–Trinajstić information content (AvgIpc) is 3.09. The van der Waals surface area contributed by atoms with Crippen molar-refractivity contribution in [2.75, 3.05) is 54.1 Å². The van der Waals surface area contributed by atoms with Crippen LogP contribution in [0.2, 0.25) is 0 Å². The molecule has 0 heterocycles. The number of hydrogen-bond donors (Lipinski definition) is 0. The molecule has 0 aliphatic heterocycles. The third-order valence-corrected chi connectivity index (χ3v) is 10.5. The van der Waals surface area contributed by atoms with Gasteiger partial charge in [-0.15, -0.1) is 0 Å². The molecule has 0 fully saturated rings. The molecule has 0 spiro atoms. The summed E-state index contributed by atoms with van der Waals surface area (Å²) in [6.07, 6.45) is 39.3. The molecule has 0 aliphatic carbocycles. The fourth-order valence-corrected chi connectivity index (χ4v) is 6.86. The summed E-state index contributed by atoms with van der Waals surface area (Å²) in [6.45, 7) is 5.43. The lowest BCUT2D eigenvalue weighted by atomic mass is 10.0. The van der Waals surface area contributed by atoms with E-state index in [9.17, 15) is 14.3 Å². The van der Waals surface area contributed by atoms with Crippen LogP contribution in [0.4, 0.5) is 0 Å². The third kappa shape index (κ3) is 40.4. The number of allylic oxidation sites excluding steroid dienone is 2. The number of nitrogens with zero attached hydrogens (tertiary/aromatic N) is 1. The van der Waals surface area contributed by atoms with Crippen molar-refractivity contribution in [2.24, 2.45) is 0 Å². The summed E-state index contributed by atoms with van der Waals surface area (Å²) in [4.78, 5) is 25.0. The number of carbonyl (C=O) groups is 1. The minimum Gasteiger partial charge on any atom is -0.756 e. The Morgan fingerprint density at radius 3 is 1.46 bits per heavy atom. The molecule has 0 bridgehead atoms. The van der Waals surface area contributed by atoms with Crippen LogP contribution in [0.1, 0.15) is 200 Å². The van der Waals surface area contributed by atoms with Crippen LogP contribution in [0.5, 0.6) is 0 Å². The Morgan fingerprint density at radius 2 is 1.00 bits per heavy atom. The summed E-state index contributed by atoms with van der Waals surface area (Å²) in [6, 6.07) is 0. The SMILES string of the molecule is CCCCCCCCC/C=C\CCCCCCCC(=O)O[C@H](COCCCCCCCCCCCCCCCC)COP(=O)([O-])OCC[N+](C)(C)C. The zero-order valence-electron chi connectivity index (χ0n) is 35.0. The number of quaternary nitrogens is 1. The lowest BCUT2D eigenvalue weighted by Gasteiger charge is -2.28. The van der Waals surface area contributed by atoms with E-state index in [1.807, 2.05) is 21.1 Å². The van der Waals surface area contributed by atoms with Crippen molar-refractivity contribution in [3.05, 3.63) is 12.2 Å². The summed E-state index contributed by atoms with van der Waals surface area (Å²) < 4.78 is 34.6. The zero-order valence-corrected chi connectivity index (χ0v) is 35.9. The van der Waals surface area contributed by atoms with Gasteiger partial charge in [0.05, 0.1) is 34.4 Å². The molecule has 0 radical (unpaired) electrons. The quantitative estimate of drug-likeness (QED) is 0.0201. The monoisotopic (exact) mass is 760 g/mol. The number of phosphoric ester groups is 1. The van der Waals surface area contributed by atoms with E-state index < -0.39 is 13.9 Å². The Balaban J connectivity index is 4.23. The van der Waals surface area contributed by atoms with Gasteiger partial charge in [-0.3, -0.25) is 9.36 Å². The van der Waals surface area contributed by atoms with Crippen LogP contribution in [0.25, 0.3) is 0 Å². The van der Waals surface area contributed by atoms with Gasteiger partial charge >= 0.3 is 5.97 Å². The van der Waals surface area contributed by atoms with Crippen molar-refractivity contribution < 1.29 is 37.3 Å². The third-order valence-electron chi connectivity index (χ3n) is 9.57. The van der Waals surface area contributed by atoms with Crippen LogP contribution in [-0.4, -0.2) is 70.7 Å². The van der Waals surface area contributed by atoms with Gasteiger partial charge < -0.3 is 27.9 Å². The topological polar surface area (TPSA) is 94.1 Å². The van der Waals surface area contributed by atoms with Gasteiger partial charge in [-0.2, -0.15) is 0 Å². The first-order valence-corrected chi connectivity index (χ1v) is 23.4. The summed E-state index contributed by atoms with van der Waals surface area (Å²) in [7, 11) is 1.36. The largest absolute Gasteiger partial charge is 0.756 e. The number of unbranched alkanes of at least 4 members (excludes halogenated alkanes) is 25. The normalized spacial score (nSPS) is 13.9. The highest BCUT2D eigenvalue weighted by Gasteiger charge is 2.20. The summed E-state index contributed by atoms with van der Waals surface area (Å²) in [5, 5.41) is 0. The molecule has 9 heteroatoms. The molecule has 0 aromatic heterocycles. The molecule has 0 saturated heterocycles. The van der Waals surface area contributed by atoms with Crippen molar-refractivity contribution in [1.82, 2.24) is 0 Å². The standard InChI is InChI=1S/C43H86NO7P/c1-6-8-10-12-14-16-18-20-22-23-24-26-28-30-32-34-36-43(45)51-42(41-50-52(46,47)49-39-37-44(3,4)5)40-48-38-35-33-31-29-27-25-21-19-17-15-13-11-9-7-2/h22-23,42H,6-21,24-41H2,1-5H3/b23-22-/t42-/m1/s1. The van der Waals surface area contributed by atoms with Crippen LogP contribution < -0.4 is 4.89 Å². The van der Waals surface area contributed by atoms with E-state index in [-0.39, 0.29) is 25.8 Å². The predicted octanol–water partition coefficient (Wildman–Crippen LogP) is 12.0. The maximum Gasteiger partial charge on any atom is 0.306 e. The van der Waals surface area contributed by atoms with Crippen LogP contribution in [-0.2, 0) is 27.9 Å². The Morgan fingerprint density at radius 1 is 0.577 bits per heavy atom. The smallest absolute Gasteiger partial charge is 0.306 e. The molecule has 0 amide bonds. The molecule has 0 rings (SSSR count). The number of phosphoric acid groups is 1. The Labute approximate surface area is 322 Å². The van der Waals surface area contributed by atoms with Gasteiger partial charge in [0, 0.05) is 13.0 Å². The van der Waals surface area contributed by atoms with Crippen molar-refractivity contribution in [3.63, 3.8) is 0 Å². The molecule has 310 valence electrons. The molecular formula is C43H86NO7P. The average molecular weight is 760 g/mol. The first-order valence-electron chi connectivity index (χ1n) is 21.9.